The van der Waals surface area contributed by atoms with Crippen LogP contribution in [0.2, 0.25) is 0 Å². The minimum absolute atomic E-state index is 0.0289. The summed E-state index contributed by atoms with van der Waals surface area (Å²) < 4.78 is 27.3. The van der Waals surface area contributed by atoms with Gasteiger partial charge in [0.05, 0.1) is 5.75 Å². The van der Waals surface area contributed by atoms with Crippen LogP contribution in [-0.2, 0) is 14.9 Å². The topological polar surface area (TPSA) is 118 Å². The maximum Gasteiger partial charge on any atom is 0.303 e. The van der Waals surface area contributed by atoms with Crippen LogP contribution < -0.4 is 5.73 Å². The van der Waals surface area contributed by atoms with E-state index in [1.807, 2.05) is 0 Å². The molecule has 0 bridgehead atoms. The average Bonchev–Trinajstić information content (AvgIpc) is 2.51. The van der Waals surface area contributed by atoms with Crippen LogP contribution in [0.5, 0.6) is 0 Å². The van der Waals surface area contributed by atoms with Crippen molar-refractivity contribution in [3.63, 3.8) is 0 Å². The first kappa shape index (κ1) is 26.6. The molecular formula is C18H39NO5S. The number of carbonyl (C=O) groups is 1. The summed E-state index contributed by atoms with van der Waals surface area (Å²) in [6.07, 6.45) is 17.3. The Labute approximate surface area is 154 Å². The van der Waals surface area contributed by atoms with Crippen molar-refractivity contribution in [1.82, 2.24) is 0 Å². The number of hydrogen-bond acceptors (Lipinski definition) is 4. The number of unbranched alkanes of at least 4 members (excludes halogenated alkanes) is 12. The Kier molecular flexibility index (Phi) is 20.9. The second kappa shape index (κ2) is 19.7. The summed E-state index contributed by atoms with van der Waals surface area (Å²) in [6, 6.07) is 0. The molecule has 25 heavy (non-hydrogen) atoms. The van der Waals surface area contributed by atoms with Crippen molar-refractivity contribution in [3.8, 4) is 0 Å². The van der Waals surface area contributed by atoms with Crippen molar-refractivity contribution < 1.29 is 22.9 Å². The number of nitrogens with two attached hydrogens (primary N) is 1. The lowest BCUT2D eigenvalue weighted by atomic mass is 10.0. The molecule has 0 unspecified atom stereocenters. The van der Waals surface area contributed by atoms with Gasteiger partial charge in [-0.2, -0.15) is 8.42 Å². The third-order valence-corrected chi connectivity index (χ3v) is 4.62. The molecule has 0 heterocycles. The lowest BCUT2D eigenvalue weighted by Crippen LogP contribution is -2.13. The van der Waals surface area contributed by atoms with Crippen LogP contribution >= 0.6 is 0 Å². The molecule has 0 atom stereocenters. The van der Waals surface area contributed by atoms with Gasteiger partial charge >= 0.3 is 5.97 Å². The smallest absolute Gasteiger partial charge is 0.303 e. The van der Waals surface area contributed by atoms with Crippen LogP contribution in [0.3, 0.4) is 0 Å². The molecule has 4 N–H and O–H groups in total. The molecule has 0 radical (unpaired) electrons. The van der Waals surface area contributed by atoms with Gasteiger partial charge in [0.15, 0.2) is 0 Å². The number of aliphatic carboxylic acids is 1. The maximum absolute atomic E-state index is 10.3. The number of hydrogen-bond donors (Lipinski definition) is 3. The summed E-state index contributed by atoms with van der Waals surface area (Å²) in [5, 5.41) is 8.49. The van der Waals surface area contributed by atoms with Crippen LogP contribution in [0.1, 0.15) is 96.8 Å². The zero-order chi connectivity index (χ0) is 19.4. The van der Waals surface area contributed by atoms with Crippen molar-refractivity contribution in [3.05, 3.63) is 0 Å². The Hall–Kier alpha value is -0.660. The highest BCUT2D eigenvalue weighted by molar-refractivity contribution is 7.85. The zero-order valence-electron chi connectivity index (χ0n) is 15.9. The fraction of sp³-hybridized carbons (Fsp3) is 0.944. The van der Waals surface area contributed by atoms with Gasteiger partial charge in [-0.05, 0) is 6.42 Å². The highest BCUT2D eigenvalue weighted by Gasteiger charge is 1.98. The van der Waals surface area contributed by atoms with Crippen LogP contribution in [0, 0.1) is 0 Å². The molecule has 0 saturated heterocycles. The van der Waals surface area contributed by atoms with E-state index >= 15 is 0 Å². The second-order valence-corrected chi connectivity index (χ2v) is 8.03. The third kappa shape index (κ3) is 31.6. The summed E-state index contributed by atoms with van der Waals surface area (Å²) in [6.45, 7) is 2.23. The molecule has 6 nitrogen and oxygen atoms in total. The summed E-state index contributed by atoms with van der Waals surface area (Å²) >= 11 is 0. The molecule has 0 aliphatic rings. The van der Waals surface area contributed by atoms with E-state index in [0.29, 0.717) is 6.42 Å². The molecule has 0 saturated carbocycles. The van der Waals surface area contributed by atoms with Gasteiger partial charge in [0, 0.05) is 13.0 Å². The Morgan fingerprint density at radius 1 is 0.800 bits per heavy atom. The molecule has 0 aromatic carbocycles. The lowest BCUT2D eigenvalue weighted by Gasteiger charge is -2.02. The van der Waals surface area contributed by atoms with Crippen LogP contribution in [-0.4, -0.2) is 36.3 Å². The van der Waals surface area contributed by atoms with E-state index in [1.165, 1.54) is 70.6 Å². The predicted molar refractivity (Wildman–Crippen MR) is 103 cm³/mol. The summed E-state index contributed by atoms with van der Waals surface area (Å²) in [7, 11) is -3.80. The van der Waals surface area contributed by atoms with E-state index in [1.54, 1.807) is 0 Å². The van der Waals surface area contributed by atoms with Crippen molar-refractivity contribution in [2.75, 3.05) is 12.3 Å². The second-order valence-electron chi connectivity index (χ2n) is 6.46. The van der Waals surface area contributed by atoms with Gasteiger partial charge in [0.1, 0.15) is 0 Å². The van der Waals surface area contributed by atoms with Crippen molar-refractivity contribution in [1.29, 1.82) is 0 Å². The molecule has 0 amide bonds. The van der Waals surface area contributed by atoms with Gasteiger partial charge < -0.3 is 10.8 Å². The SMILES string of the molecule is CCCCCCCCCCCCCCCC(=O)O.NCCS(=O)(=O)O. The van der Waals surface area contributed by atoms with Gasteiger partial charge in [-0.3, -0.25) is 9.35 Å². The molecule has 7 heteroatoms. The fourth-order valence-corrected chi connectivity index (χ4v) is 2.74. The Morgan fingerprint density at radius 2 is 1.16 bits per heavy atom. The molecule has 0 aromatic rings. The van der Waals surface area contributed by atoms with E-state index in [9.17, 15) is 13.2 Å². The van der Waals surface area contributed by atoms with E-state index in [0.717, 1.165) is 12.8 Å². The normalized spacial score (nSPS) is 11.0. The summed E-state index contributed by atoms with van der Waals surface area (Å²) in [5.74, 6) is -1.01. The van der Waals surface area contributed by atoms with Gasteiger partial charge in [-0.25, -0.2) is 0 Å². The van der Waals surface area contributed by atoms with E-state index < -0.39 is 16.1 Å². The Morgan fingerprint density at radius 3 is 1.40 bits per heavy atom. The third-order valence-electron chi connectivity index (χ3n) is 3.87. The Balaban J connectivity index is 0. The highest BCUT2D eigenvalue weighted by Crippen LogP contribution is 2.12. The van der Waals surface area contributed by atoms with E-state index in [2.05, 4.69) is 6.92 Å². The molecule has 0 spiro atoms. The number of carboxylic acid groups (broad SMARTS) is 1. The summed E-state index contributed by atoms with van der Waals surface area (Å²) in [4.78, 5) is 10.3. The van der Waals surface area contributed by atoms with Gasteiger partial charge in [0.25, 0.3) is 10.1 Å². The van der Waals surface area contributed by atoms with Gasteiger partial charge in [-0.15, -0.1) is 0 Å². The molecule has 0 aromatic heterocycles. The van der Waals surface area contributed by atoms with Crippen LogP contribution in [0.25, 0.3) is 0 Å². The molecule has 0 aliphatic heterocycles. The minimum Gasteiger partial charge on any atom is -0.481 e. The molecule has 152 valence electrons. The fourth-order valence-electron chi connectivity index (χ4n) is 2.44. The zero-order valence-corrected chi connectivity index (χ0v) is 16.7. The average molecular weight is 382 g/mol. The highest BCUT2D eigenvalue weighted by atomic mass is 32.2. The number of rotatable bonds is 16. The van der Waals surface area contributed by atoms with Crippen molar-refractivity contribution in [2.24, 2.45) is 5.73 Å². The molecule has 0 fully saturated rings. The largest absolute Gasteiger partial charge is 0.481 e. The van der Waals surface area contributed by atoms with Crippen LogP contribution in [0.15, 0.2) is 0 Å². The van der Waals surface area contributed by atoms with Crippen molar-refractivity contribution in [2.45, 2.75) is 96.8 Å². The first-order chi connectivity index (χ1) is 11.8. The Bertz CT molecular complexity index is 385. The van der Waals surface area contributed by atoms with E-state index in [-0.39, 0.29) is 12.3 Å². The summed E-state index contributed by atoms with van der Waals surface area (Å²) in [5.41, 5.74) is 4.78. The van der Waals surface area contributed by atoms with Crippen LogP contribution in [0.4, 0.5) is 0 Å². The van der Waals surface area contributed by atoms with E-state index in [4.69, 9.17) is 15.4 Å². The first-order valence-corrected chi connectivity index (χ1v) is 11.3. The molecule has 0 rings (SSSR count). The lowest BCUT2D eigenvalue weighted by molar-refractivity contribution is -0.137. The minimum atomic E-state index is -3.80. The van der Waals surface area contributed by atoms with Gasteiger partial charge in [-0.1, -0.05) is 84.0 Å². The molecular weight excluding hydrogens is 342 g/mol. The van der Waals surface area contributed by atoms with Gasteiger partial charge in [0.2, 0.25) is 0 Å². The first-order valence-electron chi connectivity index (χ1n) is 9.70. The molecule has 0 aliphatic carbocycles. The quantitative estimate of drug-likeness (QED) is 0.270. The monoisotopic (exact) mass is 381 g/mol. The number of carboxylic acids is 1. The maximum atomic E-state index is 10.3. The predicted octanol–water partition coefficient (Wildman–Crippen LogP) is 4.39. The standard InChI is InChI=1S/C16H32O2.C2H7NO3S/c1-2-3-4-5-6-7-8-9-10-11-12-13-14-15-16(17)18;3-1-2-7(4,5)6/h2-15H2,1H3,(H,17,18);1-3H2,(H,4,5,6). The van der Waals surface area contributed by atoms with Crippen molar-refractivity contribution >= 4 is 16.1 Å².